The van der Waals surface area contributed by atoms with Gasteiger partial charge in [0.05, 0.1) is 6.42 Å². The van der Waals surface area contributed by atoms with Gasteiger partial charge in [-0.2, -0.15) is 0 Å². The summed E-state index contributed by atoms with van der Waals surface area (Å²) in [4.78, 5) is 24.9. The quantitative estimate of drug-likeness (QED) is 0.917. The fraction of sp³-hybridized carbons (Fsp3) is 0.385. The van der Waals surface area contributed by atoms with Gasteiger partial charge >= 0.3 is 0 Å². The van der Waals surface area contributed by atoms with Crippen LogP contribution >= 0.6 is 15.9 Å². The highest BCUT2D eigenvalue weighted by atomic mass is 79.9. The highest BCUT2D eigenvalue weighted by Crippen LogP contribution is 2.16. The molecule has 0 saturated carbocycles. The Bertz CT molecular complexity index is 446. The monoisotopic (exact) mass is 312 g/mol. The lowest BCUT2D eigenvalue weighted by atomic mass is 10.1. The Labute approximate surface area is 115 Å². The van der Waals surface area contributed by atoms with E-state index in [1.54, 1.807) is 21.0 Å². The molecule has 5 heteroatoms. The molecule has 0 heterocycles. The molecular weight excluding hydrogens is 296 g/mol. The summed E-state index contributed by atoms with van der Waals surface area (Å²) in [6.45, 7) is 1.68. The number of amides is 2. The summed E-state index contributed by atoms with van der Waals surface area (Å²) >= 11 is 3.39. The summed E-state index contributed by atoms with van der Waals surface area (Å²) in [6.07, 6.45) is 0.256. The van der Waals surface area contributed by atoms with Gasteiger partial charge in [0.15, 0.2) is 0 Å². The van der Waals surface area contributed by atoms with Crippen LogP contribution in [0.3, 0.4) is 0 Å². The Balaban J connectivity index is 2.58. The molecular formula is C13H17BrN2O2. The number of halogens is 1. The third-order valence-corrected chi connectivity index (χ3v) is 3.27. The van der Waals surface area contributed by atoms with Crippen molar-refractivity contribution in [2.45, 2.75) is 19.4 Å². The maximum atomic E-state index is 11.8. The maximum absolute atomic E-state index is 11.8. The third-order valence-electron chi connectivity index (χ3n) is 2.50. The number of nitrogens with one attached hydrogen (secondary N) is 1. The first kappa shape index (κ1) is 14.7. The van der Waals surface area contributed by atoms with Crippen LogP contribution in [0, 0.1) is 0 Å². The Hall–Kier alpha value is -1.36. The molecule has 0 aliphatic rings. The number of likely N-dealkylation sites (N-methyl/N-ethyl adjacent to an activating group) is 1. The molecule has 1 rings (SSSR count). The average Bonchev–Trinajstić information content (AvgIpc) is 2.30. The van der Waals surface area contributed by atoms with E-state index in [0.717, 1.165) is 10.0 Å². The van der Waals surface area contributed by atoms with Gasteiger partial charge in [-0.05, 0) is 18.6 Å². The van der Waals surface area contributed by atoms with Gasteiger partial charge in [0.2, 0.25) is 11.8 Å². The topological polar surface area (TPSA) is 49.4 Å². The highest BCUT2D eigenvalue weighted by molar-refractivity contribution is 9.10. The molecule has 2 amide bonds. The molecule has 0 aromatic heterocycles. The minimum absolute atomic E-state index is 0.115. The molecule has 0 aliphatic heterocycles. The van der Waals surface area contributed by atoms with Gasteiger partial charge in [0.1, 0.15) is 6.04 Å². The SMILES string of the molecule is C[C@@H](NC(=O)Cc1ccccc1Br)C(=O)N(C)C. The standard InChI is InChI=1S/C13H17BrN2O2/c1-9(13(18)16(2)3)15-12(17)8-10-6-4-5-7-11(10)14/h4-7,9H,8H2,1-3H3,(H,15,17)/t9-/m1/s1. The summed E-state index contributed by atoms with van der Waals surface area (Å²) in [5.74, 6) is -0.278. The predicted molar refractivity (Wildman–Crippen MR) is 74.1 cm³/mol. The molecule has 0 aliphatic carbocycles. The fourth-order valence-corrected chi connectivity index (χ4v) is 1.98. The molecule has 4 nitrogen and oxygen atoms in total. The van der Waals surface area contributed by atoms with E-state index < -0.39 is 6.04 Å². The molecule has 1 N–H and O–H groups in total. The summed E-state index contributed by atoms with van der Waals surface area (Å²) < 4.78 is 0.895. The van der Waals surface area contributed by atoms with Crippen LogP contribution in [0.4, 0.5) is 0 Å². The Morgan fingerprint density at radius 2 is 1.94 bits per heavy atom. The Morgan fingerprint density at radius 3 is 2.50 bits per heavy atom. The summed E-state index contributed by atoms with van der Waals surface area (Å²) in [5.41, 5.74) is 0.902. The van der Waals surface area contributed by atoms with Crippen LogP contribution in [0.25, 0.3) is 0 Å². The lowest BCUT2D eigenvalue weighted by molar-refractivity contribution is -0.133. The lowest BCUT2D eigenvalue weighted by Crippen LogP contribution is -2.44. The molecule has 0 bridgehead atoms. The largest absolute Gasteiger partial charge is 0.347 e. The van der Waals surface area contributed by atoms with Crippen molar-refractivity contribution < 1.29 is 9.59 Å². The smallest absolute Gasteiger partial charge is 0.244 e. The minimum Gasteiger partial charge on any atom is -0.347 e. The van der Waals surface area contributed by atoms with E-state index in [1.807, 2.05) is 24.3 Å². The van der Waals surface area contributed by atoms with Gasteiger partial charge in [0, 0.05) is 18.6 Å². The molecule has 1 atom stereocenters. The van der Waals surface area contributed by atoms with Crippen molar-refractivity contribution >= 4 is 27.7 Å². The van der Waals surface area contributed by atoms with Crippen molar-refractivity contribution in [3.05, 3.63) is 34.3 Å². The number of nitrogens with zero attached hydrogens (tertiary/aromatic N) is 1. The molecule has 18 heavy (non-hydrogen) atoms. The van der Waals surface area contributed by atoms with Crippen molar-refractivity contribution in [2.24, 2.45) is 0 Å². The molecule has 1 aromatic carbocycles. The molecule has 0 saturated heterocycles. The molecule has 0 unspecified atom stereocenters. The van der Waals surface area contributed by atoms with Crippen LogP contribution in [0.15, 0.2) is 28.7 Å². The van der Waals surface area contributed by atoms with Crippen molar-refractivity contribution in [1.29, 1.82) is 0 Å². The number of hydrogen-bond acceptors (Lipinski definition) is 2. The minimum atomic E-state index is -0.505. The Morgan fingerprint density at radius 1 is 1.33 bits per heavy atom. The number of carbonyl (C=O) groups is 2. The Kier molecular flexibility index (Phi) is 5.34. The van der Waals surface area contributed by atoms with Gasteiger partial charge in [-0.25, -0.2) is 0 Å². The first-order valence-corrected chi connectivity index (χ1v) is 6.45. The van der Waals surface area contributed by atoms with E-state index in [2.05, 4.69) is 21.2 Å². The molecule has 0 spiro atoms. The third kappa shape index (κ3) is 4.14. The second-order valence-corrected chi connectivity index (χ2v) is 5.14. The van der Waals surface area contributed by atoms with Crippen LogP contribution in [0.2, 0.25) is 0 Å². The normalized spacial score (nSPS) is 11.8. The van der Waals surface area contributed by atoms with E-state index in [1.165, 1.54) is 4.90 Å². The molecule has 0 radical (unpaired) electrons. The van der Waals surface area contributed by atoms with Gasteiger partial charge in [-0.3, -0.25) is 9.59 Å². The van der Waals surface area contributed by atoms with Crippen LogP contribution < -0.4 is 5.32 Å². The van der Waals surface area contributed by atoms with E-state index in [0.29, 0.717) is 0 Å². The molecule has 98 valence electrons. The van der Waals surface area contributed by atoms with Gasteiger partial charge < -0.3 is 10.2 Å². The zero-order valence-electron chi connectivity index (χ0n) is 10.7. The van der Waals surface area contributed by atoms with Gasteiger partial charge in [0.25, 0.3) is 0 Å². The first-order chi connectivity index (χ1) is 8.41. The number of rotatable bonds is 4. The van der Waals surface area contributed by atoms with Gasteiger partial charge in [-0.15, -0.1) is 0 Å². The van der Waals surface area contributed by atoms with E-state index in [9.17, 15) is 9.59 Å². The second-order valence-electron chi connectivity index (χ2n) is 4.29. The molecule has 0 fully saturated rings. The summed E-state index contributed by atoms with van der Waals surface area (Å²) in [6, 6.07) is 7.03. The van der Waals surface area contributed by atoms with Crippen LogP contribution in [-0.4, -0.2) is 36.9 Å². The van der Waals surface area contributed by atoms with Crippen LogP contribution in [-0.2, 0) is 16.0 Å². The lowest BCUT2D eigenvalue weighted by Gasteiger charge is -2.18. The first-order valence-electron chi connectivity index (χ1n) is 5.65. The fourth-order valence-electron chi connectivity index (χ4n) is 1.56. The van der Waals surface area contributed by atoms with Crippen molar-refractivity contribution in [3.63, 3.8) is 0 Å². The van der Waals surface area contributed by atoms with Crippen molar-refractivity contribution in [2.75, 3.05) is 14.1 Å². The number of benzene rings is 1. The second kappa shape index (κ2) is 6.54. The zero-order valence-corrected chi connectivity index (χ0v) is 12.3. The average molecular weight is 313 g/mol. The number of hydrogen-bond donors (Lipinski definition) is 1. The van der Waals surface area contributed by atoms with Gasteiger partial charge in [-0.1, -0.05) is 34.1 Å². The van der Waals surface area contributed by atoms with E-state index in [4.69, 9.17) is 0 Å². The molecule has 1 aromatic rings. The predicted octanol–water partition coefficient (Wildman–Crippen LogP) is 1.58. The van der Waals surface area contributed by atoms with Crippen LogP contribution in [0.1, 0.15) is 12.5 Å². The number of carbonyl (C=O) groups excluding carboxylic acids is 2. The highest BCUT2D eigenvalue weighted by Gasteiger charge is 2.17. The maximum Gasteiger partial charge on any atom is 0.244 e. The zero-order chi connectivity index (χ0) is 13.7. The van der Waals surface area contributed by atoms with E-state index in [-0.39, 0.29) is 18.2 Å². The summed E-state index contributed by atoms with van der Waals surface area (Å²) in [7, 11) is 3.33. The van der Waals surface area contributed by atoms with E-state index >= 15 is 0 Å². The summed E-state index contributed by atoms with van der Waals surface area (Å²) in [5, 5.41) is 2.69. The van der Waals surface area contributed by atoms with Crippen molar-refractivity contribution in [3.8, 4) is 0 Å². The van der Waals surface area contributed by atoms with Crippen LogP contribution in [0.5, 0.6) is 0 Å². The van der Waals surface area contributed by atoms with Crippen molar-refractivity contribution in [1.82, 2.24) is 10.2 Å².